The van der Waals surface area contributed by atoms with Crippen molar-refractivity contribution in [2.75, 3.05) is 0 Å². The van der Waals surface area contributed by atoms with Crippen LogP contribution < -0.4 is 5.32 Å². The maximum absolute atomic E-state index is 11.1. The number of carbonyl (C=O) groups excluding carboxylic acids is 1. The summed E-state index contributed by atoms with van der Waals surface area (Å²) in [6.07, 6.45) is 2.17. The molecular formula is C15H21NO3. The molecule has 0 spiro atoms. The van der Waals surface area contributed by atoms with Crippen LogP contribution in [0.2, 0.25) is 0 Å². The number of hydrogen-bond donors (Lipinski definition) is 2. The van der Waals surface area contributed by atoms with Crippen molar-refractivity contribution in [2.24, 2.45) is 0 Å². The monoisotopic (exact) mass is 263 g/mol. The van der Waals surface area contributed by atoms with E-state index in [4.69, 9.17) is 5.11 Å². The Bertz CT molecular complexity index is 426. The molecule has 1 atom stereocenters. The van der Waals surface area contributed by atoms with Crippen molar-refractivity contribution >= 4 is 11.9 Å². The predicted molar refractivity (Wildman–Crippen MR) is 74.0 cm³/mol. The molecule has 0 radical (unpaired) electrons. The van der Waals surface area contributed by atoms with Crippen molar-refractivity contribution in [3.63, 3.8) is 0 Å². The summed E-state index contributed by atoms with van der Waals surface area (Å²) in [6, 6.07) is 8.08. The molecule has 0 aliphatic carbocycles. The van der Waals surface area contributed by atoms with Crippen LogP contribution in [-0.4, -0.2) is 23.0 Å². The minimum Gasteiger partial charge on any atom is -0.481 e. The van der Waals surface area contributed by atoms with Crippen LogP contribution in [0.1, 0.15) is 37.8 Å². The van der Waals surface area contributed by atoms with Gasteiger partial charge in [0.25, 0.3) is 0 Å². The number of benzene rings is 1. The van der Waals surface area contributed by atoms with E-state index in [9.17, 15) is 9.59 Å². The van der Waals surface area contributed by atoms with E-state index in [0.29, 0.717) is 12.8 Å². The van der Waals surface area contributed by atoms with Crippen molar-refractivity contribution < 1.29 is 14.7 Å². The van der Waals surface area contributed by atoms with Gasteiger partial charge in [0.2, 0.25) is 5.91 Å². The summed E-state index contributed by atoms with van der Waals surface area (Å²) in [6.45, 7) is 3.55. The molecule has 0 fully saturated rings. The van der Waals surface area contributed by atoms with Crippen molar-refractivity contribution in [3.8, 4) is 0 Å². The summed E-state index contributed by atoms with van der Waals surface area (Å²) in [5.41, 5.74) is 2.38. The average Bonchev–Trinajstić information content (AvgIpc) is 2.36. The number of carbonyl (C=O) groups is 2. The molecule has 0 aromatic heterocycles. The number of aryl methyl sites for hydroxylation is 1. The topological polar surface area (TPSA) is 66.4 Å². The molecule has 104 valence electrons. The van der Waals surface area contributed by atoms with Crippen LogP contribution in [0, 0.1) is 0 Å². The number of nitrogens with one attached hydrogen (secondary N) is 1. The Hall–Kier alpha value is -1.84. The van der Waals surface area contributed by atoms with E-state index >= 15 is 0 Å². The van der Waals surface area contributed by atoms with Crippen molar-refractivity contribution in [1.82, 2.24) is 5.32 Å². The highest BCUT2D eigenvalue weighted by Gasteiger charge is 2.12. The summed E-state index contributed by atoms with van der Waals surface area (Å²) in [7, 11) is 0. The molecule has 0 aliphatic rings. The highest BCUT2D eigenvalue weighted by Crippen LogP contribution is 2.10. The maximum Gasteiger partial charge on any atom is 0.303 e. The minimum absolute atomic E-state index is 0.0675. The van der Waals surface area contributed by atoms with E-state index in [0.717, 1.165) is 12.0 Å². The van der Waals surface area contributed by atoms with E-state index in [1.54, 1.807) is 0 Å². The van der Waals surface area contributed by atoms with Gasteiger partial charge >= 0.3 is 5.97 Å². The maximum atomic E-state index is 11.1. The van der Waals surface area contributed by atoms with Gasteiger partial charge in [-0.1, -0.05) is 31.2 Å². The number of amides is 1. The van der Waals surface area contributed by atoms with Gasteiger partial charge in [-0.15, -0.1) is 0 Å². The van der Waals surface area contributed by atoms with E-state index in [2.05, 4.69) is 24.4 Å². The molecular weight excluding hydrogens is 242 g/mol. The molecule has 0 saturated carbocycles. The number of hydrogen-bond acceptors (Lipinski definition) is 2. The van der Waals surface area contributed by atoms with Gasteiger partial charge in [0, 0.05) is 19.4 Å². The molecule has 4 heteroatoms. The van der Waals surface area contributed by atoms with Crippen LogP contribution >= 0.6 is 0 Å². The van der Waals surface area contributed by atoms with Crippen molar-refractivity contribution in [2.45, 2.75) is 45.6 Å². The SMILES string of the molecule is CCc1ccc(CC(CCC(=O)O)NC(C)=O)cc1. The number of carboxylic acids is 1. The molecule has 0 saturated heterocycles. The number of aliphatic carboxylic acids is 1. The molecule has 1 aromatic carbocycles. The summed E-state index contributed by atoms with van der Waals surface area (Å²) in [4.78, 5) is 21.7. The summed E-state index contributed by atoms with van der Waals surface area (Å²) in [5.74, 6) is -0.961. The third-order valence-electron chi connectivity index (χ3n) is 3.03. The largest absolute Gasteiger partial charge is 0.481 e. The standard InChI is InChI=1S/C15H21NO3/c1-3-12-4-6-13(7-5-12)10-14(16-11(2)17)8-9-15(18)19/h4-7,14H,3,8-10H2,1-2H3,(H,16,17)(H,18,19). The van der Waals surface area contributed by atoms with E-state index in [1.807, 2.05) is 12.1 Å². The Morgan fingerprint density at radius 3 is 2.26 bits per heavy atom. The lowest BCUT2D eigenvalue weighted by atomic mass is 10.00. The Kier molecular flexibility index (Phi) is 6.06. The normalized spacial score (nSPS) is 11.9. The third kappa shape index (κ3) is 6.04. The second kappa shape index (κ2) is 7.56. The van der Waals surface area contributed by atoms with E-state index in [1.165, 1.54) is 12.5 Å². The molecule has 1 amide bonds. The molecule has 1 rings (SSSR count). The van der Waals surface area contributed by atoms with Crippen LogP contribution in [0.5, 0.6) is 0 Å². The molecule has 2 N–H and O–H groups in total. The fourth-order valence-electron chi connectivity index (χ4n) is 2.01. The number of rotatable bonds is 7. The fraction of sp³-hybridized carbons (Fsp3) is 0.467. The first-order valence-electron chi connectivity index (χ1n) is 6.58. The van der Waals surface area contributed by atoms with Crippen LogP contribution in [-0.2, 0) is 22.4 Å². The first-order chi connectivity index (χ1) is 9.01. The van der Waals surface area contributed by atoms with Gasteiger partial charge in [-0.25, -0.2) is 0 Å². The van der Waals surface area contributed by atoms with Crippen LogP contribution in [0.4, 0.5) is 0 Å². The summed E-state index contributed by atoms with van der Waals surface area (Å²) >= 11 is 0. The van der Waals surface area contributed by atoms with Gasteiger partial charge in [0.05, 0.1) is 0 Å². The molecule has 0 aliphatic heterocycles. The van der Waals surface area contributed by atoms with Gasteiger partial charge in [-0.3, -0.25) is 9.59 Å². The van der Waals surface area contributed by atoms with Crippen molar-refractivity contribution in [1.29, 1.82) is 0 Å². The quantitative estimate of drug-likeness (QED) is 0.792. The minimum atomic E-state index is -0.836. The predicted octanol–water partition coefficient (Wildman–Crippen LogP) is 2.16. The van der Waals surface area contributed by atoms with E-state index < -0.39 is 5.97 Å². The Morgan fingerprint density at radius 1 is 1.21 bits per heavy atom. The summed E-state index contributed by atoms with van der Waals surface area (Å²) in [5, 5.41) is 11.5. The van der Waals surface area contributed by atoms with Gasteiger partial charge < -0.3 is 10.4 Å². The zero-order valence-corrected chi connectivity index (χ0v) is 11.5. The lowest BCUT2D eigenvalue weighted by molar-refractivity contribution is -0.137. The lowest BCUT2D eigenvalue weighted by Crippen LogP contribution is -2.35. The fourth-order valence-corrected chi connectivity index (χ4v) is 2.01. The second-order valence-electron chi connectivity index (χ2n) is 4.70. The lowest BCUT2D eigenvalue weighted by Gasteiger charge is -2.17. The molecule has 1 unspecified atom stereocenters. The van der Waals surface area contributed by atoms with E-state index in [-0.39, 0.29) is 18.4 Å². The van der Waals surface area contributed by atoms with Crippen molar-refractivity contribution in [3.05, 3.63) is 35.4 Å². The zero-order valence-electron chi connectivity index (χ0n) is 11.5. The molecule has 4 nitrogen and oxygen atoms in total. The zero-order chi connectivity index (χ0) is 14.3. The van der Waals surface area contributed by atoms with Crippen LogP contribution in [0.25, 0.3) is 0 Å². The highest BCUT2D eigenvalue weighted by molar-refractivity contribution is 5.73. The average molecular weight is 263 g/mol. The van der Waals surface area contributed by atoms with Crippen LogP contribution in [0.3, 0.4) is 0 Å². The number of carboxylic acid groups (broad SMARTS) is 1. The summed E-state index contributed by atoms with van der Waals surface area (Å²) < 4.78 is 0. The molecule has 0 bridgehead atoms. The van der Waals surface area contributed by atoms with Gasteiger partial charge in [0.1, 0.15) is 0 Å². The van der Waals surface area contributed by atoms with Gasteiger partial charge in [-0.2, -0.15) is 0 Å². The molecule has 1 aromatic rings. The first-order valence-corrected chi connectivity index (χ1v) is 6.58. The highest BCUT2D eigenvalue weighted by atomic mass is 16.4. The van der Waals surface area contributed by atoms with Crippen LogP contribution in [0.15, 0.2) is 24.3 Å². The molecule has 19 heavy (non-hydrogen) atoms. The first kappa shape index (κ1) is 15.2. The Labute approximate surface area is 113 Å². The molecule has 0 heterocycles. The van der Waals surface area contributed by atoms with Gasteiger partial charge in [-0.05, 0) is 30.4 Å². The Morgan fingerprint density at radius 2 is 1.79 bits per heavy atom. The second-order valence-corrected chi connectivity index (χ2v) is 4.70. The third-order valence-corrected chi connectivity index (χ3v) is 3.03. The smallest absolute Gasteiger partial charge is 0.303 e. The van der Waals surface area contributed by atoms with Gasteiger partial charge in [0.15, 0.2) is 0 Å². The Balaban J connectivity index is 2.63.